The van der Waals surface area contributed by atoms with E-state index in [2.05, 4.69) is 69.4 Å². The molecule has 2 saturated heterocycles. The lowest BCUT2D eigenvalue weighted by molar-refractivity contribution is 0.249. The van der Waals surface area contributed by atoms with E-state index in [0.29, 0.717) is 12.1 Å². The van der Waals surface area contributed by atoms with Crippen molar-refractivity contribution in [2.75, 3.05) is 45.8 Å². The van der Waals surface area contributed by atoms with Crippen molar-refractivity contribution < 1.29 is 0 Å². The molecule has 0 bridgehead atoms. The molecular formula is C23H36IN5. The summed E-state index contributed by atoms with van der Waals surface area (Å²) < 4.78 is 0. The number of hydrogen-bond donors (Lipinski definition) is 1. The van der Waals surface area contributed by atoms with Gasteiger partial charge in [-0.1, -0.05) is 42.5 Å². The minimum atomic E-state index is 0. The van der Waals surface area contributed by atoms with Crippen LogP contribution in [0.15, 0.2) is 47.5 Å². The zero-order valence-electron chi connectivity index (χ0n) is 17.7. The van der Waals surface area contributed by atoms with Crippen molar-refractivity contribution in [1.29, 1.82) is 0 Å². The van der Waals surface area contributed by atoms with Gasteiger partial charge in [0, 0.05) is 51.4 Å². The number of aliphatic imine (C=N–C) groups is 1. The van der Waals surface area contributed by atoms with Gasteiger partial charge in [0.05, 0.1) is 6.54 Å². The van der Waals surface area contributed by atoms with E-state index >= 15 is 0 Å². The van der Waals surface area contributed by atoms with Gasteiger partial charge in [-0.05, 0) is 38.3 Å². The highest BCUT2D eigenvalue weighted by Crippen LogP contribution is 2.21. The molecule has 1 N–H and O–H groups in total. The highest BCUT2D eigenvalue weighted by molar-refractivity contribution is 14.0. The number of guanidine groups is 1. The van der Waals surface area contributed by atoms with Crippen LogP contribution < -0.4 is 5.32 Å². The molecule has 2 unspecified atom stereocenters. The first-order chi connectivity index (χ1) is 13.8. The summed E-state index contributed by atoms with van der Waals surface area (Å²) in [4.78, 5) is 12.8. The smallest absolute Gasteiger partial charge is 0.194 e. The molecular weight excluding hydrogens is 473 g/mol. The number of rotatable bonds is 6. The maximum Gasteiger partial charge on any atom is 0.194 e. The lowest BCUT2D eigenvalue weighted by Crippen LogP contribution is -2.43. The van der Waals surface area contributed by atoms with Gasteiger partial charge in [0.1, 0.15) is 0 Å². The Kier molecular flexibility index (Phi) is 8.81. The Bertz CT molecular complexity index is 669. The molecule has 160 valence electrons. The van der Waals surface area contributed by atoms with Gasteiger partial charge >= 0.3 is 0 Å². The zero-order chi connectivity index (χ0) is 19.2. The van der Waals surface area contributed by atoms with E-state index in [1.807, 2.05) is 0 Å². The van der Waals surface area contributed by atoms with E-state index in [0.717, 1.165) is 51.8 Å². The van der Waals surface area contributed by atoms with Crippen LogP contribution >= 0.6 is 24.0 Å². The Morgan fingerprint density at radius 1 is 1.10 bits per heavy atom. The second-order valence-corrected chi connectivity index (χ2v) is 8.26. The fourth-order valence-electron chi connectivity index (χ4n) is 4.77. The number of nitrogens with one attached hydrogen (secondary N) is 1. The quantitative estimate of drug-likeness (QED) is 0.277. The van der Waals surface area contributed by atoms with Crippen LogP contribution in [0.5, 0.6) is 0 Å². The summed E-state index contributed by atoms with van der Waals surface area (Å²) in [5, 5.41) is 3.55. The maximum absolute atomic E-state index is 5.09. The van der Waals surface area contributed by atoms with Crippen LogP contribution in [0.2, 0.25) is 0 Å². The normalized spacial score (nSPS) is 25.6. The Morgan fingerprint density at radius 3 is 2.66 bits per heavy atom. The average molecular weight is 509 g/mol. The fraction of sp³-hybridized carbons (Fsp3) is 0.609. The van der Waals surface area contributed by atoms with E-state index in [-0.39, 0.29) is 24.0 Å². The van der Waals surface area contributed by atoms with E-state index in [9.17, 15) is 0 Å². The summed E-state index contributed by atoms with van der Waals surface area (Å²) >= 11 is 0. The molecule has 0 aromatic heterocycles. The summed E-state index contributed by atoms with van der Waals surface area (Å²) in [6, 6.07) is 12.1. The molecule has 0 spiro atoms. The Morgan fingerprint density at radius 2 is 1.90 bits per heavy atom. The molecule has 1 aromatic rings. The Labute approximate surface area is 193 Å². The van der Waals surface area contributed by atoms with Crippen molar-refractivity contribution in [3.05, 3.63) is 48.0 Å². The van der Waals surface area contributed by atoms with Crippen molar-refractivity contribution in [2.45, 2.75) is 44.8 Å². The standard InChI is InChI=1S/C23H35N5.HI/c1-2-24-23(28-16-12-22(19-28)26-13-6-7-14-26)25-17-21-11-8-15-27(21)18-20-9-4-3-5-10-20;/h3-7,9-10,21-22H,2,8,11-19H2,1H3,(H,24,25);1H. The lowest BCUT2D eigenvalue weighted by Gasteiger charge is -2.27. The maximum atomic E-state index is 5.09. The third-order valence-corrected chi connectivity index (χ3v) is 6.34. The third kappa shape index (κ3) is 5.95. The number of halogens is 1. The van der Waals surface area contributed by atoms with E-state index in [1.165, 1.54) is 31.4 Å². The molecule has 0 saturated carbocycles. The number of benzene rings is 1. The van der Waals surface area contributed by atoms with Crippen molar-refractivity contribution in [2.24, 2.45) is 4.99 Å². The lowest BCUT2D eigenvalue weighted by atomic mass is 10.2. The minimum absolute atomic E-state index is 0. The number of nitrogens with zero attached hydrogens (tertiary/aromatic N) is 4. The van der Waals surface area contributed by atoms with Crippen molar-refractivity contribution in [3.63, 3.8) is 0 Å². The molecule has 5 nitrogen and oxygen atoms in total. The van der Waals surface area contributed by atoms with Gasteiger partial charge in [-0.25, -0.2) is 0 Å². The van der Waals surface area contributed by atoms with Crippen molar-refractivity contribution in [1.82, 2.24) is 20.0 Å². The van der Waals surface area contributed by atoms with Gasteiger partial charge in [0.2, 0.25) is 0 Å². The van der Waals surface area contributed by atoms with Crippen LogP contribution in [0, 0.1) is 0 Å². The molecule has 3 aliphatic heterocycles. The van der Waals surface area contributed by atoms with Gasteiger partial charge in [-0.2, -0.15) is 0 Å². The first kappa shape index (κ1) is 22.6. The number of likely N-dealkylation sites (tertiary alicyclic amines) is 2. The fourth-order valence-corrected chi connectivity index (χ4v) is 4.77. The predicted octanol–water partition coefficient (Wildman–Crippen LogP) is 3.18. The van der Waals surface area contributed by atoms with Crippen molar-refractivity contribution in [3.8, 4) is 0 Å². The third-order valence-electron chi connectivity index (χ3n) is 6.34. The largest absolute Gasteiger partial charge is 0.357 e. The molecule has 0 amide bonds. The highest BCUT2D eigenvalue weighted by atomic mass is 127. The van der Waals surface area contributed by atoms with Crippen LogP contribution in [0.4, 0.5) is 0 Å². The Balaban J connectivity index is 0.00000240. The van der Waals surface area contributed by atoms with E-state index < -0.39 is 0 Å². The van der Waals surface area contributed by atoms with Crippen LogP contribution in [0.1, 0.15) is 31.7 Å². The van der Waals surface area contributed by atoms with Crippen LogP contribution in [0.3, 0.4) is 0 Å². The van der Waals surface area contributed by atoms with Crippen LogP contribution in [-0.2, 0) is 6.54 Å². The minimum Gasteiger partial charge on any atom is -0.357 e. The summed E-state index contributed by atoms with van der Waals surface area (Å²) in [5.74, 6) is 1.11. The first-order valence-electron chi connectivity index (χ1n) is 11.0. The molecule has 0 radical (unpaired) electrons. The average Bonchev–Trinajstić information content (AvgIpc) is 3.47. The van der Waals surface area contributed by atoms with Gasteiger partial charge in [0.15, 0.2) is 5.96 Å². The second-order valence-electron chi connectivity index (χ2n) is 8.26. The second kappa shape index (κ2) is 11.3. The van der Waals surface area contributed by atoms with Gasteiger partial charge < -0.3 is 10.2 Å². The monoisotopic (exact) mass is 509 g/mol. The molecule has 0 aliphatic carbocycles. The molecule has 2 atom stereocenters. The summed E-state index contributed by atoms with van der Waals surface area (Å²) in [6.45, 7) is 10.7. The van der Waals surface area contributed by atoms with Gasteiger partial charge in [-0.15, -0.1) is 24.0 Å². The molecule has 3 aliphatic rings. The summed E-state index contributed by atoms with van der Waals surface area (Å²) in [6.07, 6.45) is 8.39. The molecule has 4 rings (SSSR count). The topological polar surface area (TPSA) is 34.1 Å². The van der Waals surface area contributed by atoms with Gasteiger partial charge in [-0.3, -0.25) is 14.8 Å². The van der Waals surface area contributed by atoms with Crippen LogP contribution in [-0.4, -0.2) is 78.6 Å². The van der Waals surface area contributed by atoms with Crippen molar-refractivity contribution >= 4 is 29.9 Å². The SMILES string of the molecule is CCNC(=NCC1CCCN1Cc1ccccc1)N1CCC(N2CC=CC2)C1.I. The van der Waals surface area contributed by atoms with Gasteiger partial charge in [0.25, 0.3) is 0 Å². The molecule has 1 aromatic carbocycles. The Hall–Kier alpha value is -1.12. The molecule has 2 fully saturated rings. The summed E-state index contributed by atoms with van der Waals surface area (Å²) in [5.41, 5.74) is 1.41. The van der Waals surface area contributed by atoms with Crippen LogP contribution in [0.25, 0.3) is 0 Å². The van der Waals surface area contributed by atoms with E-state index in [1.54, 1.807) is 0 Å². The zero-order valence-corrected chi connectivity index (χ0v) is 20.0. The predicted molar refractivity (Wildman–Crippen MR) is 132 cm³/mol. The summed E-state index contributed by atoms with van der Waals surface area (Å²) in [7, 11) is 0. The first-order valence-corrected chi connectivity index (χ1v) is 11.0. The highest BCUT2D eigenvalue weighted by Gasteiger charge is 2.30. The molecule has 29 heavy (non-hydrogen) atoms. The van der Waals surface area contributed by atoms with E-state index in [4.69, 9.17) is 4.99 Å². The molecule has 6 heteroatoms. The number of hydrogen-bond acceptors (Lipinski definition) is 3. The molecule has 3 heterocycles.